The van der Waals surface area contributed by atoms with Gasteiger partial charge in [0, 0.05) is 6.07 Å². The Bertz CT molecular complexity index is 330. The Morgan fingerprint density at radius 2 is 2.43 bits per heavy atom. The molecule has 1 unspecified atom stereocenters. The lowest BCUT2D eigenvalue weighted by Crippen LogP contribution is -2.33. The third kappa shape index (κ3) is 1.80. The van der Waals surface area contributed by atoms with Gasteiger partial charge in [-0.15, -0.1) is 0 Å². The fourth-order valence-electron chi connectivity index (χ4n) is 1.54. The molecule has 3 N–H and O–H groups in total. The molecule has 0 amide bonds. The predicted octanol–water partition coefficient (Wildman–Crippen LogP) is 1.35. The Hall–Kier alpha value is -1.29. The Morgan fingerprint density at radius 3 is 3.21 bits per heavy atom. The number of fused-ring (bicyclic) bond motifs is 1. The highest BCUT2D eigenvalue weighted by Gasteiger charge is 2.18. The van der Waals surface area contributed by atoms with Gasteiger partial charge in [-0.25, -0.2) is 4.39 Å². The van der Waals surface area contributed by atoms with E-state index in [4.69, 9.17) is 10.5 Å². The topological polar surface area (TPSA) is 47.3 Å². The molecule has 0 aliphatic carbocycles. The number of hydrogen-bond donors (Lipinski definition) is 2. The number of anilines is 1. The average molecular weight is 196 g/mol. The Morgan fingerprint density at radius 1 is 1.57 bits per heavy atom. The van der Waals surface area contributed by atoms with E-state index in [1.54, 1.807) is 6.07 Å². The minimum Gasteiger partial charge on any atom is -0.489 e. The van der Waals surface area contributed by atoms with Crippen LogP contribution in [0.25, 0.3) is 0 Å². The van der Waals surface area contributed by atoms with Crippen LogP contribution >= 0.6 is 0 Å². The van der Waals surface area contributed by atoms with Crippen molar-refractivity contribution in [2.75, 3.05) is 18.5 Å². The first-order valence-electron chi connectivity index (χ1n) is 4.68. The van der Waals surface area contributed by atoms with E-state index >= 15 is 0 Å². The molecule has 0 saturated carbocycles. The molecule has 0 bridgehead atoms. The summed E-state index contributed by atoms with van der Waals surface area (Å²) in [5, 5.41) is 3.25. The van der Waals surface area contributed by atoms with Crippen molar-refractivity contribution < 1.29 is 9.13 Å². The van der Waals surface area contributed by atoms with E-state index in [0.717, 1.165) is 12.1 Å². The average Bonchev–Trinajstić information content (AvgIpc) is 2.19. The van der Waals surface area contributed by atoms with Gasteiger partial charge in [-0.3, -0.25) is 0 Å². The molecule has 3 nitrogen and oxygen atoms in total. The summed E-state index contributed by atoms with van der Waals surface area (Å²) in [5.74, 6) is 0.307. The van der Waals surface area contributed by atoms with Crippen LogP contribution in [0.15, 0.2) is 18.2 Å². The molecule has 0 radical (unpaired) electrons. The van der Waals surface area contributed by atoms with Gasteiger partial charge in [-0.05, 0) is 25.1 Å². The lowest BCUT2D eigenvalue weighted by Gasteiger charge is -2.27. The van der Waals surface area contributed by atoms with Crippen LogP contribution in [0.2, 0.25) is 0 Å². The molecule has 1 aromatic carbocycles. The van der Waals surface area contributed by atoms with Crippen LogP contribution in [0, 0.1) is 5.82 Å². The molecule has 2 rings (SSSR count). The van der Waals surface area contributed by atoms with Gasteiger partial charge in [0.2, 0.25) is 0 Å². The van der Waals surface area contributed by atoms with Crippen molar-refractivity contribution in [2.45, 2.75) is 12.5 Å². The van der Waals surface area contributed by atoms with Gasteiger partial charge in [0.05, 0.1) is 11.7 Å². The lowest BCUT2D eigenvalue weighted by molar-refractivity contribution is 0.278. The summed E-state index contributed by atoms with van der Waals surface area (Å²) in [6, 6.07) is 4.73. The van der Waals surface area contributed by atoms with Crippen molar-refractivity contribution in [3.63, 3.8) is 0 Å². The maximum atomic E-state index is 12.8. The summed E-state index contributed by atoms with van der Waals surface area (Å²) >= 11 is 0. The van der Waals surface area contributed by atoms with Crippen LogP contribution in [-0.2, 0) is 0 Å². The number of halogens is 1. The van der Waals surface area contributed by atoms with Gasteiger partial charge in [0.1, 0.15) is 18.2 Å². The fourth-order valence-corrected chi connectivity index (χ4v) is 1.54. The molecular formula is C10H13FN2O. The lowest BCUT2D eigenvalue weighted by atomic mass is 10.1. The number of rotatable bonds is 2. The third-order valence-electron chi connectivity index (χ3n) is 2.26. The number of nitrogens with two attached hydrogens (primary N) is 1. The van der Waals surface area contributed by atoms with Gasteiger partial charge in [-0.1, -0.05) is 0 Å². The van der Waals surface area contributed by atoms with Gasteiger partial charge in [-0.2, -0.15) is 0 Å². The Labute approximate surface area is 82.1 Å². The quantitative estimate of drug-likeness (QED) is 0.750. The molecule has 1 atom stereocenters. The summed E-state index contributed by atoms with van der Waals surface area (Å²) in [4.78, 5) is 0. The second kappa shape index (κ2) is 3.84. The standard InChI is InChI=1S/C10H13FN2O/c11-7-1-2-9-10(5-7)14-6-8(13-9)3-4-12/h1-2,5,8,13H,3-4,6,12H2. The highest BCUT2D eigenvalue weighted by atomic mass is 19.1. The zero-order valence-corrected chi connectivity index (χ0v) is 7.79. The highest BCUT2D eigenvalue weighted by Crippen LogP contribution is 2.29. The summed E-state index contributed by atoms with van der Waals surface area (Å²) in [7, 11) is 0. The maximum absolute atomic E-state index is 12.8. The first kappa shape index (κ1) is 9.27. The van der Waals surface area contributed by atoms with E-state index in [-0.39, 0.29) is 11.9 Å². The molecule has 1 aromatic rings. The SMILES string of the molecule is NCCC1COc2cc(F)ccc2N1. The zero-order chi connectivity index (χ0) is 9.97. The van der Waals surface area contributed by atoms with Crippen LogP contribution in [0.5, 0.6) is 5.75 Å². The summed E-state index contributed by atoms with van der Waals surface area (Å²) in [6.07, 6.45) is 0.858. The minimum absolute atomic E-state index is 0.234. The van der Waals surface area contributed by atoms with E-state index in [2.05, 4.69) is 5.32 Å². The van der Waals surface area contributed by atoms with E-state index in [9.17, 15) is 4.39 Å². The van der Waals surface area contributed by atoms with Crippen LogP contribution in [-0.4, -0.2) is 19.2 Å². The molecule has 76 valence electrons. The molecule has 1 aliphatic rings. The summed E-state index contributed by atoms with van der Waals surface area (Å²) < 4.78 is 18.2. The monoisotopic (exact) mass is 196 g/mol. The van der Waals surface area contributed by atoms with E-state index in [1.807, 2.05) is 0 Å². The van der Waals surface area contributed by atoms with Gasteiger partial charge in [0.25, 0.3) is 0 Å². The van der Waals surface area contributed by atoms with Crippen molar-refractivity contribution in [1.29, 1.82) is 0 Å². The molecule has 0 saturated heterocycles. The molecule has 14 heavy (non-hydrogen) atoms. The predicted molar refractivity (Wildman–Crippen MR) is 53.0 cm³/mol. The molecule has 0 spiro atoms. The van der Waals surface area contributed by atoms with Crippen molar-refractivity contribution >= 4 is 5.69 Å². The fraction of sp³-hybridized carbons (Fsp3) is 0.400. The maximum Gasteiger partial charge on any atom is 0.145 e. The Balaban J connectivity index is 2.15. The molecule has 0 fully saturated rings. The van der Waals surface area contributed by atoms with Crippen molar-refractivity contribution in [3.05, 3.63) is 24.0 Å². The zero-order valence-electron chi connectivity index (χ0n) is 7.79. The molecule has 0 aromatic heterocycles. The molecule has 4 heteroatoms. The third-order valence-corrected chi connectivity index (χ3v) is 2.26. The molecule has 1 heterocycles. The number of ether oxygens (including phenoxy) is 1. The minimum atomic E-state index is -0.275. The first-order chi connectivity index (χ1) is 6.79. The van der Waals surface area contributed by atoms with E-state index in [1.165, 1.54) is 12.1 Å². The highest BCUT2D eigenvalue weighted by molar-refractivity contribution is 5.58. The van der Waals surface area contributed by atoms with Crippen molar-refractivity contribution in [2.24, 2.45) is 5.73 Å². The Kier molecular flexibility index (Phi) is 2.54. The number of hydrogen-bond acceptors (Lipinski definition) is 3. The summed E-state index contributed by atoms with van der Waals surface area (Å²) in [5.41, 5.74) is 6.29. The van der Waals surface area contributed by atoms with E-state index in [0.29, 0.717) is 18.9 Å². The number of nitrogens with one attached hydrogen (secondary N) is 1. The van der Waals surface area contributed by atoms with Gasteiger partial charge < -0.3 is 15.8 Å². The smallest absolute Gasteiger partial charge is 0.145 e. The largest absolute Gasteiger partial charge is 0.489 e. The van der Waals surface area contributed by atoms with Crippen molar-refractivity contribution in [1.82, 2.24) is 0 Å². The molecular weight excluding hydrogens is 183 g/mol. The van der Waals surface area contributed by atoms with Crippen LogP contribution in [0.4, 0.5) is 10.1 Å². The van der Waals surface area contributed by atoms with Gasteiger partial charge >= 0.3 is 0 Å². The van der Waals surface area contributed by atoms with E-state index < -0.39 is 0 Å². The second-order valence-corrected chi connectivity index (χ2v) is 3.37. The normalized spacial score (nSPS) is 19.4. The van der Waals surface area contributed by atoms with Crippen LogP contribution in [0.3, 0.4) is 0 Å². The van der Waals surface area contributed by atoms with Gasteiger partial charge in [0.15, 0.2) is 0 Å². The molecule has 1 aliphatic heterocycles. The summed E-state index contributed by atoms with van der Waals surface area (Å²) in [6.45, 7) is 1.17. The first-order valence-corrected chi connectivity index (χ1v) is 4.68. The second-order valence-electron chi connectivity index (χ2n) is 3.37. The van der Waals surface area contributed by atoms with Crippen molar-refractivity contribution in [3.8, 4) is 5.75 Å². The van der Waals surface area contributed by atoms with Crippen LogP contribution < -0.4 is 15.8 Å². The number of benzene rings is 1. The van der Waals surface area contributed by atoms with Crippen LogP contribution in [0.1, 0.15) is 6.42 Å².